The number of nitrogens with one attached hydrogen (secondary N) is 2. The third kappa shape index (κ3) is 5.60. The highest BCUT2D eigenvalue weighted by Gasteiger charge is 2.35. The van der Waals surface area contributed by atoms with Gasteiger partial charge in [0.25, 0.3) is 0 Å². The summed E-state index contributed by atoms with van der Waals surface area (Å²) in [7, 11) is 0. The number of hydrogen-bond acceptors (Lipinski definition) is 2. The Bertz CT molecular complexity index is 770. The number of benzene rings is 2. The molecule has 0 unspecified atom stereocenters. The molecular formula is C21H25ClN2O2. The van der Waals surface area contributed by atoms with E-state index in [0.717, 1.165) is 16.7 Å². The Hall–Kier alpha value is -2.33. The zero-order valence-electron chi connectivity index (χ0n) is 15.4. The van der Waals surface area contributed by atoms with Gasteiger partial charge in [0, 0.05) is 18.1 Å². The van der Waals surface area contributed by atoms with Crippen LogP contribution in [-0.2, 0) is 22.6 Å². The second kappa shape index (κ2) is 8.86. The van der Waals surface area contributed by atoms with Crippen molar-refractivity contribution >= 4 is 23.4 Å². The highest BCUT2D eigenvalue weighted by molar-refractivity contribution is 6.30. The molecule has 0 bridgehead atoms. The molecule has 2 aromatic rings. The summed E-state index contributed by atoms with van der Waals surface area (Å²) in [5.74, 6) is -0.573. The topological polar surface area (TPSA) is 58.2 Å². The van der Waals surface area contributed by atoms with Crippen LogP contribution in [0.15, 0.2) is 48.5 Å². The molecule has 0 saturated heterocycles. The molecule has 2 aromatic carbocycles. The SMILES string of the molecule is Cc1cccc(CNC(=O)C(C)(C)C(=O)NCCc2ccc(Cl)cc2)c1. The number of carbonyl (C=O) groups excluding carboxylic acids is 2. The second-order valence-electron chi connectivity index (χ2n) is 6.93. The van der Waals surface area contributed by atoms with E-state index in [1.54, 1.807) is 13.8 Å². The van der Waals surface area contributed by atoms with Crippen LogP contribution in [-0.4, -0.2) is 18.4 Å². The van der Waals surface area contributed by atoms with E-state index in [1.807, 2.05) is 55.5 Å². The van der Waals surface area contributed by atoms with E-state index >= 15 is 0 Å². The summed E-state index contributed by atoms with van der Waals surface area (Å²) in [4.78, 5) is 24.9. The van der Waals surface area contributed by atoms with E-state index in [1.165, 1.54) is 0 Å². The maximum atomic E-state index is 12.4. The molecule has 0 aliphatic carbocycles. The Labute approximate surface area is 159 Å². The third-order valence-electron chi connectivity index (χ3n) is 4.28. The molecule has 0 atom stereocenters. The Kier molecular flexibility index (Phi) is 6.81. The van der Waals surface area contributed by atoms with Gasteiger partial charge in [-0.2, -0.15) is 0 Å². The molecule has 0 heterocycles. The number of halogens is 1. The molecule has 26 heavy (non-hydrogen) atoms. The maximum Gasteiger partial charge on any atom is 0.235 e. The smallest absolute Gasteiger partial charge is 0.235 e. The van der Waals surface area contributed by atoms with Crippen LogP contribution in [0.3, 0.4) is 0 Å². The van der Waals surface area contributed by atoms with Gasteiger partial charge < -0.3 is 10.6 Å². The van der Waals surface area contributed by atoms with Crippen molar-refractivity contribution in [3.8, 4) is 0 Å². The van der Waals surface area contributed by atoms with Crippen molar-refractivity contribution in [3.63, 3.8) is 0 Å². The van der Waals surface area contributed by atoms with Crippen molar-refractivity contribution in [3.05, 3.63) is 70.2 Å². The lowest BCUT2D eigenvalue weighted by atomic mass is 9.91. The van der Waals surface area contributed by atoms with Crippen LogP contribution in [0.4, 0.5) is 0 Å². The first-order chi connectivity index (χ1) is 12.3. The van der Waals surface area contributed by atoms with Gasteiger partial charge in [0.2, 0.25) is 11.8 Å². The van der Waals surface area contributed by atoms with E-state index in [2.05, 4.69) is 10.6 Å². The van der Waals surface area contributed by atoms with E-state index < -0.39 is 5.41 Å². The minimum absolute atomic E-state index is 0.284. The summed E-state index contributed by atoms with van der Waals surface area (Å²) >= 11 is 5.86. The molecule has 5 heteroatoms. The number of carbonyl (C=O) groups is 2. The standard InChI is InChI=1S/C21H25ClN2O2/c1-15-5-4-6-17(13-15)14-24-20(26)21(2,3)19(25)23-12-11-16-7-9-18(22)10-8-16/h4-10,13H,11-12,14H2,1-3H3,(H,23,25)(H,24,26). The van der Waals surface area contributed by atoms with Gasteiger partial charge >= 0.3 is 0 Å². The summed E-state index contributed by atoms with van der Waals surface area (Å²) in [6.45, 7) is 6.15. The number of hydrogen-bond donors (Lipinski definition) is 2. The van der Waals surface area contributed by atoms with Crippen LogP contribution in [0, 0.1) is 12.3 Å². The number of aryl methyl sites for hydroxylation is 1. The van der Waals surface area contributed by atoms with Gasteiger partial charge in [-0.05, 0) is 50.5 Å². The fourth-order valence-corrected chi connectivity index (χ4v) is 2.65. The van der Waals surface area contributed by atoms with Crippen molar-refractivity contribution in [1.29, 1.82) is 0 Å². The molecule has 2 rings (SSSR count). The summed E-state index contributed by atoms with van der Waals surface area (Å²) in [5, 5.41) is 6.37. The summed E-state index contributed by atoms with van der Waals surface area (Å²) < 4.78 is 0. The molecule has 0 fully saturated rings. The molecular weight excluding hydrogens is 348 g/mol. The van der Waals surface area contributed by atoms with Crippen LogP contribution < -0.4 is 10.6 Å². The molecule has 0 aromatic heterocycles. The van der Waals surface area contributed by atoms with E-state index in [-0.39, 0.29) is 11.8 Å². The lowest BCUT2D eigenvalue weighted by Crippen LogP contribution is -2.48. The van der Waals surface area contributed by atoms with Crippen molar-refractivity contribution in [2.24, 2.45) is 5.41 Å². The van der Waals surface area contributed by atoms with Gasteiger partial charge in [-0.1, -0.05) is 53.6 Å². The van der Waals surface area contributed by atoms with Crippen LogP contribution in [0.25, 0.3) is 0 Å². The largest absolute Gasteiger partial charge is 0.355 e. The maximum absolute atomic E-state index is 12.4. The average Bonchev–Trinajstić information content (AvgIpc) is 2.61. The lowest BCUT2D eigenvalue weighted by molar-refractivity contribution is -0.141. The quantitative estimate of drug-likeness (QED) is 0.729. The first-order valence-corrected chi connectivity index (χ1v) is 9.03. The van der Waals surface area contributed by atoms with Crippen LogP contribution >= 0.6 is 11.6 Å². The zero-order chi connectivity index (χ0) is 19.2. The van der Waals surface area contributed by atoms with Crippen molar-refractivity contribution in [1.82, 2.24) is 10.6 Å². The third-order valence-corrected chi connectivity index (χ3v) is 4.54. The lowest BCUT2D eigenvalue weighted by Gasteiger charge is -2.23. The Balaban J connectivity index is 1.83. The molecule has 0 aliphatic heterocycles. The van der Waals surface area contributed by atoms with Crippen LogP contribution in [0.2, 0.25) is 5.02 Å². The summed E-state index contributed by atoms with van der Waals surface area (Å²) in [6, 6.07) is 15.4. The first kappa shape index (κ1) is 20.0. The second-order valence-corrected chi connectivity index (χ2v) is 7.37. The van der Waals surface area contributed by atoms with Gasteiger partial charge in [-0.3, -0.25) is 9.59 Å². The molecule has 2 amide bonds. The number of rotatable bonds is 7. The van der Waals surface area contributed by atoms with Gasteiger partial charge in [0.15, 0.2) is 0 Å². The normalized spacial score (nSPS) is 11.1. The molecule has 4 nitrogen and oxygen atoms in total. The van der Waals surface area contributed by atoms with Gasteiger partial charge in [0.1, 0.15) is 5.41 Å². The van der Waals surface area contributed by atoms with Gasteiger partial charge in [-0.15, -0.1) is 0 Å². The highest BCUT2D eigenvalue weighted by atomic mass is 35.5. The van der Waals surface area contributed by atoms with Crippen molar-refractivity contribution in [2.45, 2.75) is 33.7 Å². The Morgan fingerprint density at radius 1 is 0.962 bits per heavy atom. The number of amides is 2. The minimum Gasteiger partial charge on any atom is -0.355 e. The van der Waals surface area contributed by atoms with Crippen LogP contribution in [0.5, 0.6) is 0 Å². The fourth-order valence-electron chi connectivity index (χ4n) is 2.52. The summed E-state index contributed by atoms with van der Waals surface area (Å²) in [6.07, 6.45) is 0.684. The van der Waals surface area contributed by atoms with Crippen molar-refractivity contribution in [2.75, 3.05) is 6.54 Å². The molecule has 2 N–H and O–H groups in total. The molecule has 0 saturated carbocycles. The van der Waals surface area contributed by atoms with E-state index in [4.69, 9.17) is 11.6 Å². The highest BCUT2D eigenvalue weighted by Crippen LogP contribution is 2.16. The molecule has 0 aliphatic rings. The summed E-state index contributed by atoms with van der Waals surface area (Å²) in [5.41, 5.74) is 2.09. The molecule has 0 radical (unpaired) electrons. The molecule has 0 spiro atoms. The van der Waals surface area contributed by atoms with Crippen molar-refractivity contribution < 1.29 is 9.59 Å². The Morgan fingerprint density at radius 2 is 1.62 bits per heavy atom. The average molecular weight is 373 g/mol. The van der Waals surface area contributed by atoms with E-state index in [0.29, 0.717) is 24.5 Å². The zero-order valence-corrected chi connectivity index (χ0v) is 16.2. The molecule has 138 valence electrons. The Morgan fingerprint density at radius 3 is 2.27 bits per heavy atom. The predicted molar refractivity (Wildman–Crippen MR) is 105 cm³/mol. The van der Waals surface area contributed by atoms with Crippen LogP contribution in [0.1, 0.15) is 30.5 Å². The predicted octanol–water partition coefficient (Wildman–Crippen LogP) is 3.65. The fraction of sp³-hybridized carbons (Fsp3) is 0.333. The first-order valence-electron chi connectivity index (χ1n) is 8.65. The monoisotopic (exact) mass is 372 g/mol. The van der Waals surface area contributed by atoms with E-state index in [9.17, 15) is 9.59 Å². The van der Waals surface area contributed by atoms with Gasteiger partial charge in [-0.25, -0.2) is 0 Å². The minimum atomic E-state index is -1.14. The van der Waals surface area contributed by atoms with Gasteiger partial charge in [0.05, 0.1) is 0 Å².